The van der Waals surface area contributed by atoms with Crippen LogP contribution in [0.2, 0.25) is 0 Å². The van der Waals surface area contributed by atoms with E-state index in [1.165, 1.54) is 19.3 Å². The number of nitrogens with zero attached hydrogens (tertiary/aromatic N) is 2. The molecule has 5 nitrogen and oxygen atoms in total. The molecule has 4 rings (SSSR count). The van der Waals surface area contributed by atoms with Gasteiger partial charge in [0.2, 0.25) is 10.0 Å². The molecule has 0 unspecified atom stereocenters. The zero-order chi connectivity index (χ0) is 18.0. The highest BCUT2D eigenvalue weighted by Gasteiger charge is 2.29. The summed E-state index contributed by atoms with van der Waals surface area (Å²) >= 11 is 0. The third-order valence-electron chi connectivity index (χ3n) is 5.66. The minimum Gasteiger partial charge on any atom is -0.268 e. The minimum atomic E-state index is -3.58. The van der Waals surface area contributed by atoms with E-state index in [-0.39, 0.29) is 6.04 Å². The minimum absolute atomic E-state index is 0.0483. The zero-order valence-corrected chi connectivity index (χ0v) is 15.9. The smallest absolute Gasteiger partial charge is 0.244 e. The molecular weight excluding hydrogens is 346 g/mol. The lowest BCUT2D eigenvalue weighted by molar-refractivity contribution is 0.412. The molecule has 0 saturated heterocycles. The SMILES string of the molecule is O=S(=O)(NC1CCCCC1)c1cn(C2CCCC2)nc1-c1ccccc1. The first kappa shape index (κ1) is 17.7. The fourth-order valence-electron chi connectivity index (χ4n) is 4.23. The number of rotatable bonds is 5. The molecule has 140 valence electrons. The van der Waals surface area contributed by atoms with Gasteiger partial charge in [-0.05, 0) is 25.7 Å². The maximum Gasteiger partial charge on any atom is 0.244 e. The molecule has 2 saturated carbocycles. The molecule has 2 aromatic rings. The first-order valence-corrected chi connectivity index (χ1v) is 11.3. The summed E-state index contributed by atoms with van der Waals surface area (Å²) in [6.45, 7) is 0. The van der Waals surface area contributed by atoms with Gasteiger partial charge in [0.1, 0.15) is 10.6 Å². The van der Waals surface area contributed by atoms with Crippen LogP contribution in [0.25, 0.3) is 11.3 Å². The summed E-state index contributed by atoms with van der Waals surface area (Å²) in [7, 11) is -3.58. The Hall–Kier alpha value is -1.66. The predicted octanol–water partition coefficient (Wildman–Crippen LogP) is 4.28. The van der Waals surface area contributed by atoms with Crippen molar-refractivity contribution in [2.75, 3.05) is 0 Å². The topological polar surface area (TPSA) is 64.0 Å². The molecule has 0 amide bonds. The van der Waals surface area contributed by atoms with Gasteiger partial charge in [0.25, 0.3) is 0 Å². The summed E-state index contributed by atoms with van der Waals surface area (Å²) in [5.74, 6) is 0. The molecule has 1 aromatic heterocycles. The van der Waals surface area contributed by atoms with Crippen LogP contribution in [-0.2, 0) is 10.0 Å². The lowest BCUT2D eigenvalue weighted by atomic mass is 9.96. The van der Waals surface area contributed by atoms with Gasteiger partial charge in [0.05, 0.1) is 6.04 Å². The second kappa shape index (κ2) is 7.53. The first-order chi connectivity index (χ1) is 12.6. The van der Waals surface area contributed by atoms with Crippen molar-refractivity contribution >= 4 is 10.0 Å². The van der Waals surface area contributed by atoms with Gasteiger partial charge in [-0.25, -0.2) is 13.1 Å². The molecule has 26 heavy (non-hydrogen) atoms. The standard InChI is InChI=1S/C20H27N3O2S/c24-26(25,22-17-11-5-2-6-12-17)19-15-23(18-13-7-8-14-18)21-20(19)16-9-3-1-4-10-16/h1,3-4,9-10,15,17-18,22H,2,5-8,11-14H2. The number of benzene rings is 1. The van der Waals surface area contributed by atoms with Crippen LogP contribution in [0.4, 0.5) is 0 Å². The molecule has 2 fully saturated rings. The fourth-order valence-corrected chi connectivity index (χ4v) is 5.69. The van der Waals surface area contributed by atoms with Gasteiger partial charge in [-0.3, -0.25) is 4.68 Å². The molecular formula is C20H27N3O2S. The van der Waals surface area contributed by atoms with Crippen molar-refractivity contribution < 1.29 is 8.42 Å². The first-order valence-electron chi connectivity index (χ1n) is 9.80. The van der Waals surface area contributed by atoms with E-state index in [2.05, 4.69) is 4.72 Å². The molecule has 0 radical (unpaired) electrons. The maximum atomic E-state index is 13.2. The van der Waals surface area contributed by atoms with Crippen LogP contribution < -0.4 is 4.72 Å². The van der Waals surface area contributed by atoms with Gasteiger partial charge in [0.15, 0.2) is 0 Å². The van der Waals surface area contributed by atoms with Crippen LogP contribution in [0.5, 0.6) is 0 Å². The lowest BCUT2D eigenvalue weighted by Crippen LogP contribution is -2.36. The predicted molar refractivity (Wildman–Crippen MR) is 102 cm³/mol. The molecule has 2 aliphatic rings. The molecule has 0 aliphatic heterocycles. The van der Waals surface area contributed by atoms with Crippen molar-refractivity contribution in [3.63, 3.8) is 0 Å². The highest BCUT2D eigenvalue weighted by atomic mass is 32.2. The number of nitrogens with one attached hydrogen (secondary N) is 1. The van der Waals surface area contributed by atoms with Gasteiger partial charge in [0, 0.05) is 17.8 Å². The van der Waals surface area contributed by atoms with Gasteiger partial charge in [-0.2, -0.15) is 5.10 Å². The average Bonchev–Trinajstić information content (AvgIpc) is 3.33. The molecule has 1 N–H and O–H groups in total. The molecule has 2 aliphatic carbocycles. The number of aromatic nitrogens is 2. The number of sulfonamides is 1. The Labute approximate surface area is 155 Å². The summed E-state index contributed by atoms with van der Waals surface area (Å²) < 4.78 is 31.2. The van der Waals surface area contributed by atoms with Gasteiger partial charge in [-0.15, -0.1) is 0 Å². The van der Waals surface area contributed by atoms with Crippen LogP contribution in [0.15, 0.2) is 41.4 Å². The van der Waals surface area contributed by atoms with E-state index in [1.54, 1.807) is 6.20 Å². The van der Waals surface area contributed by atoms with Crippen molar-refractivity contribution in [1.82, 2.24) is 14.5 Å². The van der Waals surface area contributed by atoms with Crippen molar-refractivity contribution in [2.45, 2.75) is 74.8 Å². The van der Waals surface area contributed by atoms with Gasteiger partial charge < -0.3 is 0 Å². The largest absolute Gasteiger partial charge is 0.268 e. The van der Waals surface area contributed by atoms with Crippen LogP contribution >= 0.6 is 0 Å². The molecule has 1 heterocycles. The van der Waals surface area contributed by atoms with Crippen molar-refractivity contribution in [3.8, 4) is 11.3 Å². The van der Waals surface area contributed by atoms with E-state index >= 15 is 0 Å². The Morgan fingerprint density at radius 1 is 0.923 bits per heavy atom. The summed E-state index contributed by atoms with van der Waals surface area (Å²) in [6.07, 6.45) is 11.5. The number of hydrogen-bond donors (Lipinski definition) is 1. The monoisotopic (exact) mass is 373 g/mol. The quantitative estimate of drug-likeness (QED) is 0.851. The number of hydrogen-bond acceptors (Lipinski definition) is 3. The van der Waals surface area contributed by atoms with E-state index in [0.29, 0.717) is 16.6 Å². The highest BCUT2D eigenvalue weighted by molar-refractivity contribution is 7.89. The van der Waals surface area contributed by atoms with Crippen LogP contribution in [-0.4, -0.2) is 24.2 Å². The van der Waals surface area contributed by atoms with E-state index in [1.807, 2.05) is 35.0 Å². The van der Waals surface area contributed by atoms with Crippen LogP contribution in [0.3, 0.4) is 0 Å². The summed E-state index contributed by atoms with van der Waals surface area (Å²) in [5.41, 5.74) is 1.43. The van der Waals surface area contributed by atoms with E-state index in [9.17, 15) is 8.42 Å². The highest BCUT2D eigenvalue weighted by Crippen LogP contribution is 2.33. The summed E-state index contributed by atoms with van der Waals surface area (Å²) in [6, 6.07) is 10.0. The molecule has 1 aromatic carbocycles. The Morgan fingerprint density at radius 2 is 1.58 bits per heavy atom. The van der Waals surface area contributed by atoms with Gasteiger partial charge >= 0.3 is 0 Å². The fraction of sp³-hybridized carbons (Fsp3) is 0.550. The molecule has 0 bridgehead atoms. The Bertz CT molecular complexity index is 833. The maximum absolute atomic E-state index is 13.2. The van der Waals surface area contributed by atoms with Crippen molar-refractivity contribution in [3.05, 3.63) is 36.5 Å². The van der Waals surface area contributed by atoms with E-state index in [0.717, 1.165) is 44.1 Å². The zero-order valence-electron chi connectivity index (χ0n) is 15.1. The van der Waals surface area contributed by atoms with Crippen LogP contribution in [0, 0.1) is 0 Å². The molecule has 0 spiro atoms. The second-order valence-corrected chi connectivity index (χ2v) is 9.26. The third-order valence-corrected chi connectivity index (χ3v) is 7.18. The Morgan fingerprint density at radius 3 is 2.27 bits per heavy atom. The molecule has 0 atom stereocenters. The van der Waals surface area contributed by atoms with E-state index in [4.69, 9.17) is 5.10 Å². The normalized spacial score (nSPS) is 19.8. The second-order valence-electron chi connectivity index (χ2n) is 7.58. The Balaban J connectivity index is 1.70. The van der Waals surface area contributed by atoms with Crippen LogP contribution in [0.1, 0.15) is 63.8 Å². The lowest BCUT2D eigenvalue weighted by Gasteiger charge is -2.22. The van der Waals surface area contributed by atoms with Crippen molar-refractivity contribution in [1.29, 1.82) is 0 Å². The molecule has 6 heteroatoms. The summed E-state index contributed by atoms with van der Waals surface area (Å²) in [4.78, 5) is 0.321. The third kappa shape index (κ3) is 3.71. The average molecular weight is 374 g/mol. The Kier molecular flexibility index (Phi) is 5.14. The van der Waals surface area contributed by atoms with Crippen molar-refractivity contribution in [2.24, 2.45) is 0 Å². The summed E-state index contributed by atoms with van der Waals surface area (Å²) in [5, 5.41) is 4.72. The van der Waals surface area contributed by atoms with E-state index < -0.39 is 10.0 Å². The van der Waals surface area contributed by atoms with Gasteiger partial charge in [-0.1, -0.05) is 62.4 Å².